The molecule has 0 spiro atoms. The monoisotopic (exact) mass is 244 g/mol. The summed E-state index contributed by atoms with van der Waals surface area (Å²) in [7, 11) is 1.28. The third-order valence-corrected chi connectivity index (χ3v) is 2.54. The highest BCUT2D eigenvalue weighted by molar-refractivity contribution is 5.82. The zero-order valence-corrected chi connectivity index (χ0v) is 10.8. The van der Waals surface area contributed by atoms with Crippen molar-refractivity contribution in [2.24, 2.45) is 5.73 Å². The number of carbonyl (C=O) groups excluding carboxylic acids is 2. The van der Waals surface area contributed by atoms with E-state index in [1.165, 1.54) is 12.0 Å². The van der Waals surface area contributed by atoms with Crippen LogP contribution in [0.5, 0.6) is 0 Å². The molecule has 0 aromatic rings. The first-order chi connectivity index (χ1) is 7.68. The van der Waals surface area contributed by atoms with E-state index in [0.29, 0.717) is 13.0 Å². The number of carbonyl (C=O) groups is 2. The first-order valence-corrected chi connectivity index (χ1v) is 5.53. The van der Waals surface area contributed by atoms with Crippen LogP contribution in [0.1, 0.15) is 27.2 Å². The van der Waals surface area contributed by atoms with Crippen LogP contribution in [0, 0.1) is 0 Å². The fraction of sp³-hybridized carbons (Fsp3) is 0.818. The molecule has 0 aliphatic carbocycles. The Balaban J connectivity index is 2.62. The van der Waals surface area contributed by atoms with Crippen molar-refractivity contribution in [1.29, 1.82) is 0 Å². The third kappa shape index (κ3) is 3.33. The minimum atomic E-state index is -1.11. The van der Waals surface area contributed by atoms with E-state index >= 15 is 0 Å². The second-order valence-electron chi connectivity index (χ2n) is 5.30. The summed E-state index contributed by atoms with van der Waals surface area (Å²) in [6.45, 7) is 5.90. The maximum Gasteiger partial charge on any atom is 0.410 e. The van der Waals surface area contributed by atoms with Gasteiger partial charge in [-0.25, -0.2) is 9.59 Å². The Hall–Kier alpha value is -1.30. The van der Waals surface area contributed by atoms with Crippen LogP contribution in [0.2, 0.25) is 0 Å². The molecule has 1 heterocycles. The zero-order valence-electron chi connectivity index (χ0n) is 10.8. The summed E-state index contributed by atoms with van der Waals surface area (Å²) in [5, 5.41) is 0. The third-order valence-electron chi connectivity index (χ3n) is 2.54. The van der Waals surface area contributed by atoms with Crippen LogP contribution >= 0.6 is 0 Å². The molecule has 1 rings (SSSR count). The number of methoxy groups -OCH3 is 1. The number of hydrogen-bond acceptors (Lipinski definition) is 5. The van der Waals surface area contributed by atoms with Crippen LogP contribution in [0.3, 0.4) is 0 Å². The van der Waals surface area contributed by atoms with Gasteiger partial charge in [0.15, 0.2) is 0 Å². The Morgan fingerprint density at radius 3 is 2.41 bits per heavy atom. The van der Waals surface area contributed by atoms with Gasteiger partial charge in [-0.3, -0.25) is 0 Å². The van der Waals surface area contributed by atoms with Gasteiger partial charge in [0.2, 0.25) is 0 Å². The highest BCUT2D eigenvalue weighted by atomic mass is 16.6. The van der Waals surface area contributed by atoms with E-state index in [1.54, 1.807) is 20.8 Å². The number of ether oxygens (including phenoxy) is 2. The van der Waals surface area contributed by atoms with E-state index < -0.39 is 23.2 Å². The molecule has 0 saturated carbocycles. The summed E-state index contributed by atoms with van der Waals surface area (Å²) < 4.78 is 9.83. The minimum Gasteiger partial charge on any atom is -0.468 e. The Kier molecular flexibility index (Phi) is 3.66. The van der Waals surface area contributed by atoms with Gasteiger partial charge in [0, 0.05) is 6.54 Å². The standard InChI is InChI=1S/C11H20N2O4/c1-10(2,3)17-9(15)13-6-5-11(12,7-13)8(14)16-4/h5-7,12H2,1-4H3/t11-/m0/s1. The number of amides is 1. The first-order valence-electron chi connectivity index (χ1n) is 5.53. The molecule has 1 aliphatic heterocycles. The van der Waals surface area contributed by atoms with E-state index in [-0.39, 0.29) is 6.54 Å². The lowest BCUT2D eigenvalue weighted by Crippen LogP contribution is -2.51. The van der Waals surface area contributed by atoms with E-state index in [9.17, 15) is 9.59 Å². The lowest BCUT2D eigenvalue weighted by molar-refractivity contribution is -0.146. The van der Waals surface area contributed by atoms with Gasteiger partial charge in [0.1, 0.15) is 11.1 Å². The molecule has 0 bridgehead atoms. The molecule has 98 valence electrons. The zero-order chi connectivity index (χ0) is 13.3. The van der Waals surface area contributed by atoms with Gasteiger partial charge in [-0.1, -0.05) is 0 Å². The topological polar surface area (TPSA) is 81.9 Å². The molecule has 6 nitrogen and oxygen atoms in total. The van der Waals surface area contributed by atoms with Crippen molar-refractivity contribution < 1.29 is 19.1 Å². The van der Waals surface area contributed by atoms with Crippen LogP contribution in [-0.4, -0.2) is 48.3 Å². The lowest BCUT2D eigenvalue weighted by Gasteiger charge is -2.25. The highest BCUT2D eigenvalue weighted by Crippen LogP contribution is 2.22. The van der Waals surface area contributed by atoms with Crippen molar-refractivity contribution in [1.82, 2.24) is 4.90 Å². The van der Waals surface area contributed by atoms with Crippen LogP contribution in [-0.2, 0) is 14.3 Å². The van der Waals surface area contributed by atoms with Gasteiger partial charge in [0.25, 0.3) is 0 Å². The highest BCUT2D eigenvalue weighted by Gasteiger charge is 2.44. The quantitative estimate of drug-likeness (QED) is 0.679. The normalized spacial score (nSPS) is 24.6. The Morgan fingerprint density at radius 1 is 1.35 bits per heavy atom. The molecule has 1 atom stereocenters. The second kappa shape index (κ2) is 4.52. The number of nitrogens with two attached hydrogens (primary N) is 1. The second-order valence-corrected chi connectivity index (χ2v) is 5.30. The first kappa shape index (κ1) is 13.8. The molecule has 1 saturated heterocycles. The van der Waals surface area contributed by atoms with E-state index in [1.807, 2.05) is 0 Å². The number of esters is 1. The number of rotatable bonds is 1. The van der Waals surface area contributed by atoms with Gasteiger partial charge >= 0.3 is 12.1 Å². The average Bonchev–Trinajstić information content (AvgIpc) is 2.58. The molecule has 2 N–H and O–H groups in total. The van der Waals surface area contributed by atoms with Gasteiger partial charge in [-0.05, 0) is 27.2 Å². The molecule has 0 aromatic heterocycles. The van der Waals surface area contributed by atoms with Gasteiger partial charge in [0.05, 0.1) is 13.7 Å². The predicted octanol–water partition coefficient (Wildman–Crippen LogP) is 0.498. The largest absolute Gasteiger partial charge is 0.468 e. The Bertz CT molecular complexity index is 324. The molecule has 0 aromatic carbocycles. The van der Waals surface area contributed by atoms with Gasteiger partial charge in [-0.2, -0.15) is 0 Å². The average molecular weight is 244 g/mol. The van der Waals surface area contributed by atoms with E-state index in [0.717, 1.165) is 0 Å². The van der Waals surface area contributed by atoms with Crippen molar-refractivity contribution >= 4 is 12.1 Å². The summed E-state index contributed by atoms with van der Waals surface area (Å²) in [5.74, 6) is -0.497. The summed E-state index contributed by atoms with van der Waals surface area (Å²) in [6.07, 6.45) is -0.0624. The van der Waals surface area contributed by atoms with Gasteiger partial charge in [-0.15, -0.1) is 0 Å². The molecule has 1 aliphatic rings. The number of likely N-dealkylation sites (tertiary alicyclic amines) is 1. The Labute approximate surface area is 101 Å². The molecule has 6 heteroatoms. The summed E-state index contributed by atoms with van der Waals surface area (Å²) >= 11 is 0. The molecule has 0 radical (unpaired) electrons. The number of hydrogen-bond donors (Lipinski definition) is 1. The fourth-order valence-corrected chi connectivity index (χ4v) is 1.69. The lowest BCUT2D eigenvalue weighted by atomic mass is 10.0. The molecule has 17 heavy (non-hydrogen) atoms. The minimum absolute atomic E-state index is 0.134. The van der Waals surface area contributed by atoms with Gasteiger partial charge < -0.3 is 20.1 Å². The van der Waals surface area contributed by atoms with Crippen LogP contribution < -0.4 is 5.73 Å². The van der Waals surface area contributed by atoms with Crippen LogP contribution in [0.25, 0.3) is 0 Å². The molecular formula is C11H20N2O4. The van der Waals surface area contributed by atoms with Crippen LogP contribution in [0.15, 0.2) is 0 Å². The smallest absolute Gasteiger partial charge is 0.410 e. The van der Waals surface area contributed by atoms with E-state index in [4.69, 9.17) is 10.5 Å². The summed E-state index contributed by atoms with van der Waals surface area (Å²) in [4.78, 5) is 24.7. The maximum absolute atomic E-state index is 11.8. The predicted molar refractivity (Wildman–Crippen MR) is 61.4 cm³/mol. The molecular weight excluding hydrogens is 224 g/mol. The van der Waals surface area contributed by atoms with Crippen LogP contribution in [0.4, 0.5) is 4.79 Å². The van der Waals surface area contributed by atoms with E-state index in [2.05, 4.69) is 4.74 Å². The summed E-state index contributed by atoms with van der Waals surface area (Å²) in [6, 6.07) is 0. The van der Waals surface area contributed by atoms with Crippen molar-refractivity contribution in [3.63, 3.8) is 0 Å². The summed E-state index contributed by atoms with van der Waals surface area (Å²) in [5.41, 5.74) is 4.22. The van der Waals surface area contributed by atoms with Crippen molar-refractivity contribution in [2.75, 3.05) is 20.2 Å². The SMILES string of the molecule is COC(=O)[C@]1(N)CCN(C(=O)OC(C)(C)C)C1. The Morgan fingerprint density at radius 2 is 1.94 bits per heavy atom. The van der Waals surface area contributed by atoms with Crippen molar-refractivity contribution in [2.45, 2.75) is 38.3 Å². The number of nitrogens with zero attached hydrogens (tertiary/aromatic N) is 1. The fourth-order valence-electron chi connectivity index (χ4n) is 1.69. The molecule has 0 unspecified atom stereocenters. The molecule has 1 amide bonds. The molecule has 1 fully saturated rings. The van der Waals surface area contributed by atoms with Crippen molar-refractivity contribution in [3.8, 4) is 0 Å². The van der Waals surface area contributed by atoms with Crippen molar-refractivity contribution in [3.05, 3.63) is 0 Å². The maximum atomic E-state index is 11.8.